The average Bonchev–Trinajstić information content (AvgIpc) is 2.87. The van der Waals surface area contributed by atoms with Crippen molar-refractivity contribution < 1.29 is 0 Å². The standard InChI is InChI=1S/C15H24ClN3/c1-3-5-12-6-7-19(11-12)15-8-13(9-17-4-2)14(16)10-18-15/h8,10,12,17H,3-7,9,11H2,1-2H3. The quantitative estimate of drug-likeness (QED) is 0.865. The number of rotatable bonds is 6. The summed E-state index contributed by atoms with van der Waals surface area (Å²) in [5, 5.41) is 4.08. The van der Waals surface area contributed by atoms with Gasteiger partial charge in [-0.15, -0.1) is 0 Å². The monoisotopic (exact) mass is 281 g/mol. The zero-order chi connectivity index (χ0) is 13.7. The number of nitrogens with zero attached hydrogens (tertiary/aromatic N) is 2. The molecule has 0 aliphatic carbocycles. The maximum absolute atomic E-state index is 6.20. The van der Waals surface area contributed by atoms with Crippen LogP contribution < -0.4 is 10.2 Å². The molecular formula is C15H24ClN3. The number of halogens is 1. The molecule has 1 atom stereocenters. The fourth-order valence-electron chi connectivity index (χ4n) is 2.72. The van der Waals surface area contributed by atoms with Gasteiger partial charge in [0.2, 0.25) is 0 Å². The summed E-state index contributed by atoms with van der Waals surface area (Å²) in [6, 6.07) is 2.14. The minimum absolute atomic E-state index is 0.758. The summed E-state index contributed by atoms with van der Waals surface area (Å²) in [6.45, 7) is 8.40. The molecule has 2 rings (SSSR count). The molecule has 0 spiro atoms. The largest absolute Gasteiger partial charge is 0.356 e. The first-order valence-electron chi connectivity index (χ1n) is 7.34. The zero-order valence-corrected chi connectivity index (χ0v) is 12.7. The first-order valence-corrected chi connectivity index (χ1v) is 7.72. The van der Waals surface area contributed by atoms with Crippen LogP contribution in [0.15, 0.2) is 12.3 Å². The van der Waals surface area contributed by atoms with Crippen LogP contribution in [0.1, 0.15) is 38.7 Å². The van der Waals surface area contributed by atoms with Crippen LogP contribution in [0, 0.1) is 5.92 Å². The van der Waals surface area contributed by atoms with Crippen molar-refractivity contribution >= 4 is 17.4 Å². The van der Waals surface area contributed by atoms with Gasteiger partial charge >= 0.3 is 0 Å². The van der Waals surface area contributed by atoms with Crippen molar-refractivity contribution in [3.8, 4) is 0 Å². The lowest BCUT2D eigenvalue weighted by molar-refractivity contribution is 0.529. The summed E-state index contributed by atoms with van der Waals surface area (Å²) < 4.78 is 0. The second-order valence-electron chi connectivity index (χ2n) is 5.30. The summed E-state index contributed by atoms with van der Waals surface area (Å²) in [5.74, 6) is 1.91. The van der Waals surface area contributed by atoms with E-state index in [1.807, 2.05) is 0 Å². The molecule has 0 bridgehead atoms. The van der Waals surface area contributed by atoms with Crippen molar-refractivity contribution in [3.05, 3.63) is 22.8 Å². The van der Waals surface area contributed by atoms with E-state index in [1.165, 1.54) is 19.3 Å². The topological polar surface area (TPSA) is 28.2 Å². The predicted octanol–water partition coefficient (Wildman–Crippen LogP) is 3.47. The van der Waals surface area contributed by atoms with Crippen LogP contribution >= 0.6 is 11.6 Å². The minimum Gasteiger partial charge on any atom is -0.356 e. The third-order valence-electron chi connectivity index (χ3n) is 3.79. The second-order valence-corrected chi connectivity index (χ2v) is 5.71. The number of aromatic nitrogens is 1. The number of pyridine rings is 1. The molecule has 1 fully saturated rings. The maximum atomic E-state index is 6.20. The van der Waals surface area contributed by atoms with Crippen LogP contribution in [0.5, 0.6) is 0 Å². The third-order valence-corrected chi connectivity index (χ3v) is 4.13. The smallest absolute Gasteiger partial charge is 0.128 e. The second kappa shape index (κ2) is 7.11. The van der Waals surface area contributed by atoms with Gasteiger partial charge in [-0.2, -0.15) is 0 Å². The lowest BCUT2D eigenvalue weighted by Crippen LogP contribution is -2.21. The molecule has 1 N–H and O–H groups in total. The Labute approximate surface area is 121 Å². The molecule has 1 saturated heterocycles. The molecule has 4 heteroatoms. The van der Waals surface area contributed by atoms with E-state index in [-0.39, 0.29) is 0 Å². The highest BCUT2D eigenvalue weighted by Gasteiger charge is 2.23. The molecule has 0 saturated carbocycles. The Hall–Kier alpha value is -0.800. The molecule has 0 amide bonds. The molecule has 3 nitrogen and oxygen atoms in total. The van der Waals surface area contributed by atoms with Gasteiger partial charge in [0.15, 0.2) is 0 Å². The normalized spacial score (nSPS) is 19.1. The van der Waals surface area contributed by atoms with Gasteiger partial charge in [-0.05, 0) is 36.9 Å². The van der Waals surface area contributed by atoms with E-state index in [0.29, 0.717) is 0 Å². The van der Waals surface area contributed by atoms with E-state index < -0.39 is 0 Å². The fraction of sp³-hybridized carbons (Fsp3) is 0.667. The van der Waals surface area contributed by atoms with E-state index in [4.69, 9.17) is 11.6 Å². The summed E-state index contributed by atoms with van der Waals surface area (Å²) in [6.07, 6.45) is 5.68. The van der Waals surface area contributed by atoms with Crippen molar-refractivity contribution in [2.75, 3.05) is 24.5 Å². The molecule has 1 unspecified atom stereocenters. The fourth-order valence-corrected chi connectivity index (χ4v) is 2.89. The Kier molecular flexibility index (Phi) is 5.46. The van der Waals surface area contributed by atoms with Crippen molar-refractivity contribution in [1.82, 2.24) is 10.3 Å². The van der Waals surface area contributed by atoms with Crippen molar-refractivity contribution in [2.45, 2.75) is 39.7 Å². The van der Waals surface area contributed by atoms with E-state index in [2.05, 4.69) is 35.1 Å². The van der Waals surface area contributed by atoms with Crippen LogP contribution in [-0.4, -0.2) is 24.6 Å². The third kappa shape index (κ3) is 3.83. The van der Waals surface area contributed by atoms with Gasteiger partial charge in [-0.3, -0.25) is 0 Å². The van der Waals surface area contributed by atoms with Crippen LogP contribution in [-0.2, 0) is 6.54 Å². The Morgan fingerprint density at radius 2 is 2.32 bits per heavy atom. The Bertz CT molecular complexity index is 408. The molecule has 1 aliphatic heterocycles. The number of anilines is 1. The van der Waals surface area contributed by atoms with Gasteiger partial charge in [0, 0.05) is 25.8 Å². The van der Waals surface area contributed by atoms with Crippen LogP contribution in [0.3, 0.4) is 0 Å². The Morgan fingerprint density at radius 1 is 1.47 bits per heavy atom. The van der Waals surface area contributed by atoms with Crippen LogP contribution in [0.2, 0.25) is 5.02 Å². The summed E-state index contributed by atoms with van der Waals surface area (Å²) in [4.78, 5) is 6.88. The van der Waals surface area contributed by atoms with Gasteiger partial charge in [0.25, 0.3) is 0 Å². The molecule has 1 aliphatic rings. The molecule has 19 heavy (non-hydrogen) atoms. The molecule has 2 heterocycles. The van der Waals surface area contributed by atoms with Gasteiger partial charge in [-0.1, -0.05) is 31.9 Å². The highest BCUT2D eigenvalue weighted by molar-refractivity contribution is 6.31. The number of nitrogens with one attached hydrogen (secondary N) is 1. The van der Waals surface area contributed by atoms with Gasteiger partial charge in [-0.25, -0.2) is 4.98 Å². The van der Waals surface area contributed by atoms with E-state index >= 15 is 0 Å². The lowest BCUT2D eigenvalue weighted by Gasteiger charge is -2.19. The van der Waals surface area contributed by atoms with Crippen LogP contribution in [0.25, 0.3) is 0 Å². The lowest BCUT2D eigenvalue weighted by atomic mass is 10.0. The maximum Gasteiger partial charge on any atom is 0.128 e. The van der Waals surface area contributed by atoms with Gasteiger partial charge in [0.05, 0.1) is 5.02 Å². The molecular weight excluding hydrogens is 258 g/mol. The first-order chi connectivity index (χ1) is 9.24. The highest BCUT2D eigenvalue weighted by Crippen LogP contribution is 2.27. The van der Waals surface area contributed by atoms with E-state index in [9.17, 15) is 0 Å². The SMILES string of the molecule is CCCC1CCN(c2cc(CNCC)c(Cl)cn2)C1. The average molecular weight is 282 g/mol. The van der Waals surface area contributed by atoms with E-state index in [0.717, 1.165) is 48.5 Å². The Morgan fingerprint density at radius 3 is 3.05 bits per heavy atom. The molecule has 1 aromatic rings. The van der Waals surface area contributed by atoms with Gasteiger partial charge in [0.1, 0.15) is 5.82 Å². The van der Waals surface area contributed by atoms with Gasteiger partial charge < -0.3 is 10.2 Å². The molecule has 1 aromatic heterocycles. The van der Waals surface area contributed by atoms with Crippen molar-refractivity contribution in [2.24, 2.45) is 5.92 Å². The van der Waals surface area contributed by atoms with Crippen LogP contribution in [0.4, 0.5) is 5.82 Å². The van der Waals surface area contributed by atoms with E-state index in [1.54, 1.807) is 6.20 Å². The van der Waals surface area contributed by atoms with Crippen molar-refractivity contribution in [1.29, 1.82) is 0 Å². The Balaban J connectivity index is 2.04. The molecule has 106 valence electrons. The first kappa shape index (κ1) is 14.6. The van der Waals surface area contributed by atoms with Crippen molar-refractivity contribution in [3.63, 3.8) is 0 Å². The molecule has 0 radical (unpaired) electrons. The molecule has 0 aromatic carbocycles. The predicted molar refractivity (Wildman–Crippen MR) is 81.9 cm³/mol. The summed E-state index contributed by atoms with van der Waals surface area (Å²) >= 11 is 6.20. The number of hydrogen-bond donors (Lipinski definition) is 1. The number of hydrogen-bond acceptors (Lipinski definition) is 3. The highest BCUT2D eigenvalue weighted by atomic mass is 35.5. The summed E-state index contributed by atoms with van der Waals surface area (Å²) in [5.41, 5.74) is 1.15. The summed E-state index contributed by atoms with van der Waals surface area (Å²) in [7, 11) is 0. The zero-order valence-electron chi connectivity index (χ0n) is 12.0. The minimum atomic E-state index is 0.758.